The predicted octanol–water partition coefficient (Wildman–Crippen LogP) is 0.701. The van der Waals surface area contributed by atoms with Crippen LogP contribution in [0.1, 0.15) is 19.3 Å². The highest BCUT2D eigenvalue weighted by atomic mass is 16.5. The Kier molecular flexibility index (Phi) is 7.08. The van der Waals surface area contributed by atoms with E-state index < -0.39 is 0 Å². The minimum absolute atomic E-state index is 0.600. The van der Waals surface area contributed by atoms with Crippen LogP contribution < -0.4 is 16.4 Å². The highest BCUT2D eigenvalue weighted by molar-refractivity contribution is 5.73. The molecule has 0 radical (unpaired) electrons. The van der Waals surface area contributed by atoms with Crippen LogP contribution in [0.3, 0.4) is 0 Å². The summed E-state index contributed by atoms with van der Waals surface area (Å²) in [5, 5.41) is 6.69. The summed E-state index contributed by atoms with van der Waals surface area (Å²) in [5.74, 6) is 1.43. The maximum absolute atomic E-state index is 6.22. The van der Waals surface area contributed by atoms with Gasteiger partial charge in [-0.1, -0.05) is 6.42 Å². The van der Waals surface area contributed by atoms with Gasteiger partial charge in [0, 0.05) is 39.3 Å². The van der Waals surface area contributed by atoms with Crippen LogP contribution in [-0.4, -0.2) is 85.3 Å². The van der Waals surface area contributed by atoms with Crippen LogP contribution in [0.4, 0.5) is 17.3 Å². The van der Waals surface area contributed by atoms with E-state index in [2.05, 4.69) is 30.4 Å². The topological polar surface area (TPSA) is 91.6 Å². The first kappa shape index (κ1) is 18.2. The molecule has 1 aromatic rings. The Morgan fingerprint density at radius 1 is 0.880 bits per heavy atom. The highest BCUT2D eigenvalue weighted by Crippen LogP contribution is 2.22. The van der Waals surface area contributed by atoms with E-state index in [0.29, 0.717) is 11.5 Å². The van der Waals surface area contributed by atoms with Crippen LogP contribution in [0, 0.1) is 0 Å². The zero-order valence-electron chi connectivity index (χ0n) is 15.0. The molecule has 0 unspecified atom stereocenters. The van der Waals surface area contributed by atoms with E-state index >= 15 is 0 Å². The molecule has 8 nitrogen and oxygen atoms in total. The van der Waals surface area contributed by atoms with Crippen molar-refractivity contribution in [3.8, 4) is 0 Å². The normalized spacial score (nSPS) is 19.7. The first-order chi connectivity index (χ1) is 12.3. The summed E-state index contributed by atoms with van der Waals surface area (Å²) in [6.07, 6.45) is 5.55. The molecule has 8 heteroatoms. The van der Waals surface area contributed by atoms with Gasteiger partial charge in [-0.3, -0.25) is 4.90 Å². The van der Waals surface area contributed by atoms with Crippen molar-refractivity contribution in [1.82, 2.24) is 19.8 Å². The molecule has 3 heterocycles. The summed E-state index contributed by atoms with van der Waals surface area (Å²) in [6.45, 7) is 9.69. The van der Waals surface area contributed by atoms with E-state index in [-0.39, 0.29) is 0 Å². The van der Waals surface area contributed by atoms with Gasteiger partial charge in [0.1, 0.15) is 12.0 Å². The maximum atomic E-state index is 6.22. The van der Waals surface area contributed by atoms with Crippen LogP contribution in [0.2, 0.25) is 0 Å². The summed E-state index contributed by atoms with van der Waals surface area (Å²) < 4.78 is 5.37. The van der Waals surface area contributed by atoms with Gasteiger partial charge < -0.3 is 26.0 Å². The lowest BCUT2D eigenvalue weighted by molar-refractivity contribution is 0.0398. The van der Waals surface area contributed by atoms with Gasteiger partial charge in [-0.05, 0) is 25.9 Å². The minimum atomic E-state index is 0.600. The molecule has 2 aliphatic heterocycles. The molecule has 0 amide bonds. The highest BCUT2D eigenvalue weighted by Gasteiger charge is 2.12. The summed E-state index contributed by atoms with van der Waals surface area (Å²) in [6, 6.07) is 0. The Balaban J connectivity index is 1.42. The molecule has 2 fully saturated rings. The Labute approximate surface area is 150 Å². The third-order valence-corrected chi connectivity index (χ3v) is 4.88. The number of hydrogen-bond acceptors (Lipinski definition) is 8. The number of nitrogens with zero attached hydrogens (tertiary/aromatic N) is 4. The van der Waals surface area contributed by atoms with Gasteiger partial charge in [-0.15, -0.1) is 0 Å². The molecule has 2 saturated heterocycles. The number of nitrogen functional groups attached to an aromatic ring is 1. The number of ether oxygens (including phenoxy) is 1. The van der Waals surface area contributed by atoms with Crippen molar-refractivity contribution in [3.63, 3.8) is 0 Å². The molecule has 0 aromatic carbocycles. The van der Waals surface area contributed by atoms with E-state index in [0.717, 1.165) is 58.3 Å². The Bertz CT molecular complexity index is 473. The van der Waals surface area contributed by atoms with Crippen LogP contribution in [0.25, 0.3) is 0 Å². The second kappa shape index (κ2) is 9.74. The van der Waals surface area contributed by atoms with E-state index in [9.17, 15) is 0 Å². The number of hydrogen-bond donors (Lipinski definition) is 3. The summed E-state index contributed by atoms with van der Waals surface area (Å²) in [5.41, 5.74) is 6.82. The summed E-state index contributed by atoms with van der Waals surface area (Å²) in [4.78, 5) is 13.4. The van der Waals surface area contributed by atoms with Crippen LogP contribution >= 0.6 is 0 Å². The molecule has 140 valence electrons. The number of morpholine rings is 1. The number of anilines is 3. The zero-order chi connectivity index (χ0) is 17.3. The van der Waals surface area contributed by atoms with Gasteiger partial charge in [0.25, 0.3) is 0 Å². The van der Waals surface area contributed by atoms with Gasteiger partial charge in [0.15, 0.2) is 11.6 Å². The van der Waals surface area contributed by atoms with Gasteiger partial charge >= 0.3 is 0 Å². The average molecular weight is 349 g/mol. The molecule has 0 bridgehead atoms. The monoisotopic (exact) mass is 349 g/mol. The number of likely N-dealkylation sites (tertiary alicyclic amines) is 1. The lowest BCUT2D eigenvalue weighted by Crippen LogP contribution is -2.39. The first-order valence-corrected chi connectivity index (χ1v) is 9.43. The first-order valence-electron chi connectivity index (χ1n) is 9.43. The molecule has 0 saturated carbocycles. The molecular formula is C17H31N7O. The van der Waals surface area contributed by atoms with Crippen molar-refractivity contribution in [2.45, 2.75) is 19.3 Å². The number of aromatic nitrogens is 2. The van der Waals surface area contributed by atoms with Gasteiger partial charge in [-0.2, -0.15) is 0 Å². The fourth-order valence-electron chi connectivity index (χ4n) is 3.35. The number of piperidine rings is 1. The predicted molar refractivity (Wildman–Crippen MR) is 101 cm³/mol. The molecule has 0 atom stereocenters. The lowest BCUT2D eigenvalue weighted by Gasteiger charge is -2.27. The van der Waals surface area contributed by atoms with E-state index in [1.54, 1.807) is 6.33 Å². The molecule has 0 spiro atoms. The number of nitrogens with one attached hydrogen (secondary N) is 2. The Hall–Kier alpha value is -1.64. The quantitative estimate of drug-likeness (QED) is 0.632. The Morgan fingerprint density at radius 2 is 1.44 bits per heavy atom. The van der Waals surface area contributed by atoms with Crippen molar-refractivity contribution in [2.75, 3.05) is 81.9 Å². The smallest absolute Gasteiger partial charge is 0.154 e. The van der Waals surface area contributed by atoms with Gasteiger partial charge in [0.2, 0.25) is 0 Å². The van der Waals surface area contributed by atoms with E-state index in [1.165, 1.54) is 32.4 Å². The minimum Gasteiger partial charge on any atom is -0.393 e. The standard InChI is InChI=1S/C17H31N7O/c18-15-16(19-4-8-23-6-2-1-3-7-23)21-14-22-17(15)20-5-9-24-10-12-25-13-11-24/h14H,1-13,18H2,(H2,19,20,21,22). The van der Waals surface area contributed by atoms with E-state index in [4.69, 9.17) is 10.5 Å². The third-order valence-electron chi connectivity index (χ3n) is 4.88. The fraction of sp³-hybridized carbons (Fsp3) is 0.765. The summed E-state index contributed by atoms with van der Waals surface area (Å²) in [7, 11) is 0. The number of nitrogens with two attached hydrogens (primary N) is 1. The van der Waals surface area contributed by atoms with Crippen molar-refractivity contribution in [1.29, 1.82) is 0 Å². The average Bonchev–Trinajstić information content (AvgIpc) is 2.66. The fourth-order valence-corrected chi connectivity index (χ4v) is 3.35. The molecule has 1 aromatic heterocycles. The molecule has 0 aliphatic carbocycles. The van der Waals surface area contributed by atoms with Crippen molar-refractivity contribution in [2.24, 2.45) is 0 Å². The van der Waals surface area contributed by atoms with E-state index in [1.807, 2.05) is 0 Å². The molecule has 4 N–H and O–H groups in total. The van der Waals surface area contributed by atoms with Crippen molar-refractivity contribution >= 4 is 17.3 Å². The van der Waals surface area contributed by atoms with Gasteiger partial charge in [0.05, 0.1) is 13.2 Å². The second-order valence-electron chi connectivity index (χ2n) is 6.69. The van der Waals surface area contributed by atoms with Crippen molar-refractivity contribution < 1.29 is 4.74 Å². The summed E-state index contributed by atoms with van der Waals surface area (Å²) >= 11 is 0. The van der Waals surface area contributed by atoms with Crippen LogP contribution in [-0.2, 0) is 4.74 Å². The maximum Gasteiger partial charge on any atom is 0.154 e. The molecule has 25 heavy (non-hydrogen) atoms. The third kappa shape index (κ3) is 5.69. The number of rotatable bonds is 8. The molecular weight excluding hydrogens is 318 g/mol. The Morgan fingerprint density at radius 3 is 2.04 bits per heavy atom. The molecule has 2 aliphatic rings. The SMILES string of the molecule is Nc1c(NCCN2CCCCC2)ncnc1NCCN1CCOCC1. The van der Waals surface area contributed by atoms with Crippen molar-refractivity contribution in [3.05, 3.63) is 6.33 Å². The van der Waals surface area contributed by atoms with Crippen LogP contribution in [0.15, 0.2) is 6.33 Å². The second-order valence-corrected chi connectivity index (χ2v) is 6.69. The largest absolute Gasteiger partial charge is 0.393 e. The molecule has 3 rings (SSSR count). The van der Waals surface area contributed by atoms with Gasteiger partial charge in [-0.25, -0.2) is 9.97 Å². The van der Waals surface area contributed by atoms with Crippen LogP contribution in [0.5, 0.6) is 0 Å². The zero-order valence-corrected chi connectivity index (χ0v) is 15.0. The lowest BCUT2D eigenvalue weighted by atomic mass is 10.1.